The molecule has 0 radical (unpaired) electrons. The quantitative estimate of drug-likeness (QED) is 0.442. The molecule has 0 saturated heterocycles. The monoisotopic (exact) mass is 218 g/mol. The molecule has 0 amide bonds. The van der Waals surface area contributed by atoms with Gasteiger partial charge < -0.3 is 4.90 Å². The maximum atomic E-state index is 13.3. The van der Waals surface area contributed by atoms with Crippen molar-refractivity contribution in [3.05, 3.63) is 47.4 Å². The minimum atomic E-state index is -0.618. The Morgan fingerprint density at radius 3 is 2.56 bits per heavy atom. The van der Waals surface area contributed by atoms with Gasteiger partial charge in [0.05, 0.1) is 5.56 Å². The third kappa shape index (κ3) is 2.67. The summed E-state index contributed by atoms with van der Waals surface area (Å²) in [5.74, 6) is -1.22. The number of nitrogens with zero attached hydrogens (tertiary/aromatic N) is 2. The first-order valence-electron chi connectivity index (χ1n) is 4.64. The molecule has 0 N–H and O–H groups in total. The summed E-state index contributed by atoms with van der Waals surface area (Å²) in [5.41, 5.74) is -0.174. The van der Waals surface area contributed by atoms with E-state index in [0.29, 0.717) is 0 Å². The van der Waals surface area contributed by atoms with E-state index in [0.717, 1.165) is 0 Å². The first-order chi connectivity index (χ1) is 7.56. The average molecular weight is 218 g/mol. The van der Waals surface area contributed by atoms with Gasteiger partial charge in [0, 0.05) is 20.3 Å². The smallest absolute Gasteiger partial charge is 0.207 e. The molecule has 0 atom stereocenters. The molecule has 1 aromatic rings. The number of carbonyl (C=O) groups excluding carboxylic acids is 1. The maximum absolute atomic E-state index is 13.3. The number of Topliss-reactive ketones (excluding diaryl/α,β-unsaturated/α-hetero) is 1. The summed E-state index contributed by atoms with van der Waals surface area (Å²) < 4.78 is 13.3. The Morgan fingerprint density at radius 2 is 2.06 bits per heavy atom. The number of benzene rings is 1. The molecule has 0 aromatic heterocycles. The Bertz CT molecular complexity index is 472. The molecule has 0 spiro atoms. The summed E-state index contributed by atoms with van der Waals surface area (Å²) in [5, 5.41) is 8.81. The van der Waals surface area contributed by atoms with Crippen molar-refractivity contribution in [1.82, 2.24) is 4.90 Å². The van der Waals surface area contributed by atoms with Gasteiger partial charge in [-0.3, -0.25) is 4.79 Å². The Balaban J connectivity index is 3.12. The van der Waals surface area contributed by atoms with E-state index in [1.807, 2.05) is 0 Å². The highest BCUT2D eigenvalue weighted by Crippen LogP contribution is 2.12. The zero-order valence-electron chi connectivity index (χ0n) is 9.07. The second-order valence-corrected chi connectivity index (χ2v) is 3.43. The molecule has 0 heterocycles. The summed E-state index contributed by atoms with van der Waals surface area (Å²) in [7, 11) is 3.37. The van der Waals surface area contributed by atoms with Gasteiger partial charge in [0.25, 0.3) is 0 Å². The van der Waals surface area contributed by atoms with Gasteiger partial charge in [0.2, 0.25) is 5.78 Å². The Hall–Kier alpha value is -2.15. The van der Waals surface area contributed by atoms with Gasteiger partial charge in [-0.05, 0) is 12.1 Å². The number of halogens is 1. The third-order valence-electron chi connectivity index (χ3n) is 1.87. The van der Waals surface area contributed by atoms with Crippen LogP contribution in [0.5, 0.6) is 0 Å². The van der Waals surface area contributed by atoms with Crippen molar-refractivity contribution in [2.24, 2.45) is 0 Å². The van der Waals surface area contributed by atoms with Gasteiger partial charge in [0.15, 0.2) is 0 Å². The van der Waals surface area contributed by atoms with E-state index < -0.39 is 11.6 Å². The summed E-state index contributed by atoms with van der Waals surface area (Å²) in [6.07, 6.45) is 1.37. The SMILES string of the molecule is CN(C)/C=C(/C#N)C(=O)c1ccccc1F. The number of nitriles is 1. The molecule has 0 unspecified atom stereocenters. The summed E-state index contributed by atoms with van der Waals surface area (Å²) in [6.45, 7) is 0. The van der Waals surface area contributed by atoms with Crippen LogP contribution >= 0.6 is 0 Å². The summed E-state index contributed by atoms with van der Waals surface area (Å²) in [6, 6.07) is 7.36. The number of hydrogen-bond donors (Lipinski definition) is 0. The van der Waals surface area contributed by atoms with E-state index in [1.54, 1.807) is 31.1 Å². The fourth-order valence-corrected chi connectivity index (χ4v) is 1.19. The lowest BCUT2D eigenvalue weighted by molar-refractivity contribution is 0.103. The predicted molar refractivity (Wildman–Crippen MR) is 58.1 cm³/mol. The Kier molecular flexibility index (Phi) is 3.78. The van der Waals surface area contributed by atoms with Crippen LogP contribution in [0.3, 0.4) is 0 Å². The van der Waals surface area contributed by atoms with Crippen LogP contribution in [0.25, 0.3) is 0 Å². The van der Waals surface area contributed by atoms with Gasteiger partial charge >= 0.3 is 0 Å². The molecule has 0 aliphatic rings. The van der Waals surface area contributed by atoms with Crippen molar-refractivity contribution in [2.75, 3.05) is 14.1 Å². The molecular formula is C12H11FN2O. The van der Waals surface area contributed by atoms with Crippen LogP contribution < -0.4 is 0 Å². The molecule has 1 aromatic carbocycles. The van der Waals surface area contributed by atoms with E-state index in [4.69, 9.17) is 5.26 Å². The van der Waals surface area contributed by atoms with Gasteiger partial charge in [-0.25, -0.2) is 4.39 Å². The molecule has 0 bridgehead atoms. The standard InChI is InChI=1S/C12H11FN2O/c1-15(2)8-9(7-14)12(16)10-5-3-4-6-11(10)13/h3-6,8H,1-2H3/b9-8-. The van der Waals surface area contributed by atoms with Crippen LogP contribution in [-0.4, -0.2) is 24.8 Å². The molecule has 0 fully saturated rings. The van der Waals surface area contributed by atoms with Crippen LogP contribution in [0, 0.1) is 17.1 Å². The van der Waals surface area contributed by atoms with E-state index >= 15 is 0 Å². The molecule has 0 aliphatic carbocycles. The predicted octanol–water partition coefficient (Wildman–Crippen LogP) is 1.98. The topological polar surface area (TPSA) is 44.1 Å². The van der Waals surface area contributed by atoms with Crippen LogP contribution in [0.1, 0.15) is 10.4 Å². The fourth-order valence-electron chi connectivity index (χ4n) is 1.19. The number of rotatable bonds is 3. The number of allylic oxidation sites excluding steroid dienone is 1. The van der Waals surface area contributed by atoms with Crippen molar-refractivity contribution in [1.29, 1.82) is 5.26 Å². The number of carbonyl (C=O) groups is 1. The van der Waals surface area contributed by atoms with Gasteiger partial charge in [-0.2, -0.15) is 5.26 Å². The van der Waals surface area contributed by atoms with Crippen LogP contribution in [-0.2, 0) is 0 Å². The zero-order valence-corrected chi connectivity index (χ0v) is 9.07. The number of ketones is 1. The lowest BCUT2D eigenvalue weighted by Gasteiger charge is -2.06. The highest BCUT2D eigenvalue weighted by molar-refractivity contribution is 6.11. The lowest BCUT2D eigenvalue weighted by Crippen LogP contribution is -2.10. The molecule has 4 heteroatoms. The zero-order chi connectivity index (χ0) is 12.1. The molecule has 82 valence electrons. The van der Waals surface area contributed by atoms with Crippen LogP contribution in [0.2, 0.25) is 0 Å². The summed E-state index contributed by atoms with van der Waals surface area (Å²) >= 11 is 0. The van der Waals surface area contributed by atoms with Crippen molar-refractivity contribution >= 4 is 5.78 Å². The highest BCUT2D eigenvalue weighted by Gasteiger charge is 2.15. The van der Waals surface area contributed by atoms with Gasteiger partial charge in [0.1, 0.15) is 17.5 Å². The van der Waals surface area contributed by atoms with E-state index in [2.05, 4.69) is 0 Å². The van der Waals surface area contributed by atoms with Crippen LogP contribution in [0.4, 0.5) is 4.39 Å². The first kappa shape index (κ1) is 11.9. The molecule has 1 rings (SSSR count). The van der Waals surface area contributed by atoms with Gasteiger partial charge in [-0.1, -0.05) is 12.1 Å². The van der Waals surface area contributed by atoms with Crippen molar-refractivity contribution < 1.29 is 9.18 Å². The highest BCUT2D eigenvalue weighted by atomic mass is 19.1. The largest absolute Gasteiger partial charge is 0.382 e. The number of hydrogen-bond acceptors (Lipinski definition) is 3. The van der Waals surface area contributed by atoms with Gasteiger partial charge in [-0.15, -0.1) is 0 Å². The first-order valence-corrected chi connectivity index (χ1v) is 4.64. The molecule has 0 aliphatic heterocycles. The average Bonchev–Trinajstić information content (AvgIpc) is 2.25. The van der Waals surface area contributed by atoms with Crippen molar-refractivity contribution in [3.63, 3.8) is 0 Å². The molecule has 3 nitrogen and oxygen atoms in total. The van der Waals surface area contributed by atoms with Crippen molar-refractivity contribution in [3.8, 4) is 6.07 Å². The molecular weight excluding hydrogens is 207 g/mol. The minimum absolute atomic E-state index is 0.0860. The Morgan fingerprint density at radius 1 is 1.44 bits per heavy atom. The molecule has 0 saturated carbocycles. The van der Waals surface area contributed by atoms with Crippen molar-refractivity contribution in [2.45, 2.75) is 0 Å². The second kappa shape index (κ2) is 5.08. The lowest BCUT2D eigenvalue weighted by atomic mass is 10.0. The molecule has 16 heavy (non-hydrogen) atoms. The maximum Gasteiger partial charge on any atom is 0.207 e. The van der Waals surface area contributed by atoms with E-state index in [-0.39, 0.29) is 11.1 Å². The van der Waals surface area contributed by atoms with E-state index in [1.165, 1.54) is 24.4 Å². The Labute approximate surface area is 93.4 Å². The third-order valence-corrected chi connectivity index (χ3v) is 1.87. The van der Waals surface area contributed by atoms with Crippen LogP contribution in [0.15, 0.2) is 36.0 Å². The van der Waals surface area contributed by atoms with E-state index in [9.17, 15) is 9.18 Å². The normalized spacial score (nSPS) is 10.8. The second-order valence-electron chi connectivity index (χ2n) is 3.43. The fraction of sp³-hybridized carbons (Fsp3) is 0.167. The summed E-state index contributed by atoms with van der Waals surface area (Å²) in [4.78, 5) is 13.3. The minimum Gasteiger partial charge on any atom is -0.382 e.